The predicted octanol–water partition coefficient (Wildman–Crippen LogP) is 3.95. The van der Waals surface area contributed by atoms with Gasteiger partial charge in [-0.15, -0.1) is 16.7 Å². The van der Waals surface area contributed by atoms with Gasteiger partial charge in [-0.05, 0) is 46.8 Å². The number of hydrogen-bond donors (Lipinski definition) is 2. The van der Waals surface area contributed by atoms with Crippen molar-refractivity contribution in [3.05, 3.63) is 68.1 Å². The number of nitrogens with zero attached hydrogens (tertiary/aromatic N) is 3. The summed E-state index contributed by atoms with van der Waals surface area (Å²) in [6.45, 7) is 4.98. The van der Waals surface area contributed by atoms with Crippen LogP contribution in [0.2, 0.25) is 0 Å². The Labute approximate surface area is 210 Å². The number of nitroso groups, excluding NO2 is 1. The molecular weight excluding hydrogens is 492 g/mol. The van der Waals surface area contributed by atoms with Crippen LogP contribution in [-0.2, 0) is 14.4 Å². The number of hydrazine groups is 1. The Hall–Kier alpha value is -4.00. The third-order valence-electron chi connectivity index (χ3n) is 5.42. The fourth-order valence-corrected chi connectivity index (χ4v) is 5.01. The van der Waals surface area contributed by atoms with Crippen LogP contribution in [0.25, 0.3) is 0 Å². The third kappa shape index (κ3) is 5.97. The van der Waals surface area contributed by atoms with Gasteiger partial charge in [0.25, 0.3) is 17.5 Å². The first kappa shape index (κ1) is 26.6. The van der Waals surface area contributed by atoms with Crippen molar-refractivity contribution in [3.63, 3.8) is 0 Å². The summed E-state index contributed by atoms with van der Waals surface area (Å²) in [5, 5.41) is 22.5. The van der Waals surface area contributed by atoms with E-state index in [-0.39, 0.29) is 17.3 Å². The van der Waals surface area contributed by atoms with Gasteiger partial charge in [-0.1, -0.05) is 26.0 Å². The van der Waals surface area contributed by atoms with Gasteiger partial charge in [-0.25, -0.2) is 5.01 Å². The fourth-order valence-electron chi connectivity index (χ4n) is 3.64. The number of benzene rings is 2. The van der Waals surface area contributed by atoms with Crippen LogP contribution in [0.3, 0.4) is 0 Å². The molecule has 0 saturated carbocycles. The molecule has 2 aromatic rings. The predicted molar refractivity (Wildman–Crippen MR) is 131 cm³/mol. The summed E-state index contributed by atoms with van der Waals surface area (Å²) in [6, 6.07) is 8.75. The molecule has 0 bridgehead atoms. The van der Waals surface area contributed by atoms with Crippen LogP contribution in [0.4, 0.5) is 11.4 Å². The summed E-state index contributed by atoms with van der Waals surface area (Å²) in [6.07, 6.45) is -0.480. The van der Waals surface area contributed by atoms with Crippen LogP contribution in [0.1, 0.15) is 48.3 Å². The maximum atomic E-state index is 12.9. The normalized spacial score (nSPS) is 17.2. The Morgan fingerprint density at radius 3 is 2.64 bits per heavy atom. The number of carboxylic acids is 1. The molecule has 0 spiro atoms. The molecule has 36 heavy (non-hydrogen) atoms. The van der Waals surface area contributed by atoms with E-state index in [0.29, 0.717) is 22.4 Å². The van der Waals surface area contributed by atoms with E-state index in [4.69, 9.17) is 9.84 Å². The molecule has 0 radical (unpaired) electrons. The van der Waals surface area contributed by atoms with Crippen LogP contribution < -0.4 is 10.2 Å². The topological polar surface area (TPSA) is 169 Å². The molecule has 2 unspecified atom stereocenters. The zero-order valence-electron chi connectivity index (χ0n) is 19.7. The number of nitro groups is 1. The molecule has 2 aromatic carbocycles. The Morgan fingerprint density at radius 1 is 1.31 bits per heavy atom. The van der Waals surface area contributed by atoms with Gasteiger partial charge in [0, 0.05) is 12.1 Å². The zero-order chi connectivity index (χ0) is 26.6. The molecule has 1 aliphatic rings. The number of carbonyl (C=O) groups is 3. The van der Waals surface area contributed by atoms with Crippen molar-refractivity contribution in [2.24, 2.45) is 5.18 Å². The second kappa shape index (κ2) is 11.2. The van der Waals surface area contributed by atoms with Crippen molar-refractivity contribution >= 4 is 40.9 Å². The van der Waals surface area contributed by atoms with Gasteiger partial charge < -0.3 is 9.84 Å². The molecular formula is C23H24N4O8S. The second-order valence-corrected chi connectivity index (χ2v) is 9.67. The number of rotatable bonds is 10. The summed E-state index contributed by atoms with van der Waals surface area (Å²) in [7, 11) is 0. The van der Waals surface area contributed by atoms with E-state index in [1.807, 2.05) is 13.8 Å². The molecule has 13 heteroatoms. The number of aryl methyl sites for hydroxylation is 1. The molecule has 0 aromatic heterocycles. The van der Waals surface area contributed by atoms with E-state index >= 15 is 0 Å². The number of carboxylic acid groups (broad SMARTS) is 1. The van der Waals surface area contributed by atoms with E-state index < -0.39 is 46.4 Å². The van der Waals surface area contributed by atoms with Gasteiger partial charge in [0.05, 0.1) is 16.6 Å². The quantitative estimate of drug-likeness (QED) is 0.270. The van der Waals surface area contributed by atoms with Gasteiger partial charge in [0.1, 0.15) is 16.8 Å². The first-order valence-electron chi connectivity index (χ1n) is 10.9. The maximum Gasteiger partial charge on any atom is 0.305 e. The van der Waals surface area contributed by atoms with E-state index in [0.717, 1.165) is 16.8 Å². The van der Waals surface area contributed by atoms with Crippen LogP contribution in [-0.4, -0.2) is 44.7 Å². The monoisotopic (exact) mass is 516 g/mol. The zero-order valence-corrected chi connectivity index (χ0v) is 20.5. The Kier molecular flexibility index (Phi) is 8.25. The number of thioether (sulfide) groups is 1. The van der Waals surface area contributed by atoms with Crippen LogP contribution >= 0.6 is 11.8 Å². The Balaban J connectivity index is 1.81. The standard InChI is InChI=1S/C23H24N4O8S/c1-12(2)16-9-17(25-32)13(3)7-18(16)35-11-20(28)24-26-22(31)19(10-21(29)30)36-23(26)14-5-4-6-15(8-14)27(33)34/h4-9,12,19,23H,10-11H2,1-3H3,(H,24,28)(H,29,30). The van der Waals surface area contributed by atoms with E-state index in [1.165, 1.54) is 18.2 Å². The lowest BCUT2D eigenvalue weighted by atomic mass is 9.99. The largest absolute Gasteiger partial charge is 0.483 e. The maximum absolute atomic E-state index is 12.9. The Bertz CT molecular complexity index is 1220. The fraction of sp³-hybridized carbons (Fsp3) is 0.348. The van der Waals surface area contributed by atoms with Crippen molar-refractivity contribution in [2.75, 3.05) is 6.61 Å². The molecule has 1 saturated heterocycles. The summed E-state index contributed by atoms with van der Waals surface area (Å²) >= 11 is 0.975. The molecule has 0 aliphatic carbocycles. The minimum atomic E-state index is -1.19. The smallest absolute Gasteiger partial charge is 0.305 e. The first-order chi connectivity index (χ1) is 17.0. The van der Waals surface area contributed by atoms with Crippen LogP contribution in [0, 0.1) is 21.9 Å². The minimum Gasteiger partial charge on any atom is -0.483 e. The molecule has 2 N–H and O–H groups in total. The Morgan fingerprint density at radius 2 is 2.03 bits per heavy atom. The highest BCUT2D eigenvalue weighted by Crippen LogP contribution is 2.44. The van der Waals surface area contributed by atoms with Gasteiger partial charge in [-0.3, -0.25) is 29.9 Å². The van der Waals surface area contributed by atoms with Crippen molar-refractivity contribution in [2.45, 2.75) is 43.7 Å². The van der Waals surface area contributed by atoms with Crippen LogP contribution in [0.5, 0.6) is 5.75 Å². The summed E-state index contributed by atoms with van der Waals surface area (Å²) < 4.78 is 5.69. The molecule has 2 atom stereocenters. The molecule has 1 aliphatic heterocycles. The lowest BCUT2D eigenvalue weighted by Crippen LogP contribution is -2.47. The average Bonchev–Trinajstić information content (AvgIpc) is 3.12. The molecule has 12 nitrogen and oxygen atoms in total. The lowest BCUT2D eigenvalue weighted by Gasteiger charge is -2.24. The first-order valence-corrected chi connectivity index (χ1v) is 11.8. The van der Waals surface area contributed by atoms with E-state index in [1.54, 1.807) is 25.1 Å². The second-order valence-electron chi connectivity index (χ2n) is 8.38. The molecule has 2 amide bonds. The van der Waals surface area contributed by atoms with Gasteiger partial charge in [-0.2, -0.15) is 0 Å². The van der Waals surface area contributed by atoms with Crippen molar-refractivity contribution in [1.82, 2.24) is 10.4 Å². The van der Waals surface area contributed by atoms with Crippen molar-refractivity contribution < 1.29 is 29.2 Å². The lowest BCUT2D eigenvalue weighted by molar-refractivity contribution is -0.384. The number of nitrogens with one attached hydrogen (secondary N) is 1. The number of carbonyl (C=O) groups excluding carboxylic acids is 2. The molecule has 1 heterocycles. The number of aliphatic carboxylic acids is 1. The molecule has 3 rings (SSSR count). The van der Waals surface area contributed by atoms with Gasteiger partial charge in [0.2, 0.25) is 0 Å². The molecule has 1 fully saturated rings. The van der Waals surface area contributed by atoms with Gasteiger partial charge >= 0.3 is 5.97 Å². The third-order valence-corrected chi connectivity index (χ3v) is 6.86. The van der Waals surface area contributed by atoms with E-state index in [2.05, 4.69) is 10.6 Å². The highest BCUT2D eigenvalue weighted by atomic mass is 32.2. The average molecular weight is 517 g/mol. The number of ether oxygens (including phenoxy) is 1. The van der Waals surface area contributed by atoms with E-state index in [9.17, 15) is 29.4 Å². The number of amides is 2. The summed E-state index contributed by atoms with van der Waals surface area (Å²) in [5.41, 5.74) is 4.10. The highest BCUT2D eigenvalue weighted by molar-refractivity contribution is 8.01. The van der Waals surface area contributed by atoms with Crippen molar-refractivity contribution in [1.29, 1.82) is 0 Å². The number of non-ortho nitro benzene ring substituents is 1. The van der Waals surface area contributed by atoms with Crippen molar-refractivity contribution in [3.8, 4) is 5.75 Å². The number of hydrogen-bond acceptors (Lipinski definition) is 9. The van der Waals surface area contributed by atoms with Gasteiger partial charge in [0.15, 0.2) is 6.61 Å². The number of nitro benzene ring substituents is 1. The minimum absolute atomic E-state index is 0.0317. The SMILES string of the molecule is Cc1cc(OCC(=O)NN2C(=O)C(CC(=O)O)SC2c2cccc([N+](=O)[O-])c2)c(C(C)C)cc1N=O. The van der Waals surface area contributed by atoms with Crippen LogP contribution in [0.15, 0.2) is 41.6 Å². The highest BCUT2D eigenvalue weighted by Gasteiger charge is 2.43. The summed E-state index contributed by atoms with van der Waals surface area (Å²) in [4.78, 5) is 58.5. The molecule has 190 valence electrons. The summed E-state index contributed by atoms with van der Waals surface area (Å²) in [5.74, 6) is -2.19.